The number of nitrogens with one attached hydrogen (secondary N) is 1. The molecule has 0 bridgehead atoms. The normalized spacial score (nSPS) is 10.1. The second-order valence-electron chi connectivity index (χ2n) is 2.56. The fraction of sp³-hybridized carbons (Fsp3) is 0.444. The minimum absolute atomic E-state index is 0.595. The maximum Gasteiger partial charge on any atom is 0.213 e. The van der Waals surface area contributed by atoms with E-state index in [0.717, 1.165) is 12.2 Å². The second-order valence-corrected chi connectivity index (χ2v) is 2.97. The summed E-state index contributed by atoms with van der Waals surface area (Å²) in [5, 5.41) is 3.82. The summed E-state index contributed by atoms with van der Waals surface area (Å²) in [6.45, 7) is 3.61. The Hall–Kier alpha value is -0.800. The maximum absolute atomic E-state index is 5.93. The van der Waals surface area contributed by atoms with E-state index in [4.69, 9.17) is 16.3 Å². The van der Waals surface area contributed by atoms with Gasteiger partial charge in [-0.3, -0.25) is 0 Å². The fourth-order valence-corrected chi connectivity index (χ4v) is 1.12. The number of nitrogens with zero attached hydrogens (tertiary/aromatic N) is 1. The summed E-state index contributed by atoms with van der Waals surface area (Å²) in [6.07, 6.45) is 0. The van der Waals surface area contributed by atoms with E-state index in [1.165, 1.54) is 0 Å². The molecule has 1 N–H and O–H groups in total. The van der Waals surface area contributed by atoms with Crippen molar-refractivity contribution < 1.29 is 4.74 Å². The van der Waals surface area contributed by atoms with Gasteiger partial charge in [0.15, 0.2) is 0 Å². The summed E-state index contributed by atoms with van der Waals surface area (Å²) < 4.78 is 4.99. The van der Waals surface area contributed by atoms with Crippen LogP contribution in [0.25, 0.3) is 0 Å². The van der Waals surface area contributed by atoms with Crippen molar-refractivity contribution in [3.05, 3.63) is 22.8 Å². The molecule has 0 unspecified atom stereocenters. The summed E-state index contributed by atoms with van der Waals surface area (Å²) in [5.74, 6) is 0.595. The van der Waals surface area contributed by atoms with Crippen LogP contribution >= 0.6 is 11.6 Å². The molecule has 0 radical (unpaired) electrons. The molecule has 0 aromatic carbocycles. The first-order chi connectivity index (χ1) is 6.27. The predicted octanol–water partition coefficient (Wildman–Crippen LogP) is 1.85. The molecule has 0 atom stereocenters. The Balaban J connectivity index is 2.78. The first kappa shape index (κ1) is 10.3. The van der Waals surface area contributed by atoms with E-state index >= 15 is 0 Å². The molecule has 0 aliphatic carbocycles. The van der Waals surface area contributed by atoms with Gasteiger partial charge in [-0.05, 0) is 12.6 Å². The van der Waals surface area contributed by atoms with Gasteiger partial charge in [-0.15, -0.1) is 0 Å². The first-order valence-electron chi connectivity index (χ1n) is 4.18. The van der Waals surface area contributed by atoms with Crippen LogP contribution in [-0.4, -0.2) is 18.6 Å². The zero-order valence-electron chi connectivity index (χ0n) is 7.80. The van der Waals surface area contributed by atoms with Crippen molar-refractivity contribution in [3.63, 3.8) is 0 Å². The van der Waals surface area contributed by atoms with Gasteiger partial charge in [0.1, 0.15) is 0 Å². The van der Waals surface area contributed by atoms with Gasteiger partial charge in [0.2, 0.25) is 5.88 Å². The highest BCUT2D eigenvalue weighted by molar-refractivity contribution is 6.31. The molecule has 0 saturated heterocycles. The number of pyridine rings is 1. The molecule has 13 heavy (non-hydrogen) atoms. The Bertz CT molecular complexity index is 278. The Morgan fingerprint density at radius 2 is 2.31 bits per heavy atom. The molecule has 0 aliphatic heterocycles. The summed E-state index contributed by atoms with van der Waals surface area (Å²) in [6, 6.07) is 3.54. The fourth-order valence-electron chi connectivity index (χ4n) is 0.945. The third-order valence-electron chi connectivity index (χ3n) is 1.64. The number of hydrogen-bond acceptors (Lipinski definition) is 3. The number of halogens is 1. The van der Waals surface area contributed by atoms with E-state index in [1.54, 1.807) is 19.2 Å². The van der Waals surface area contributed by atoms with Crippen LogP contribution in [-0.2, 0) is 6.54 Å². The molecule has 72 valence electrons. The molecule has 0 saturated carbocycles. The molecule has 0 aliphatic rings. The molecule has 0 amide bonds. The van der Waals surface area contributed by atoms with Crippen LogP contribution in [0, 0.1) is 0 Å². The molecule has 3 nitrogen and oxygen atoms in total. The summed E-state index contributed by atoms with van der Waals surface area (Å²) >= 11 is 5.93. The highest BCUT2D eigenvalue weighted by Crippen LogP contribution is 2.17. The third-order valence-corrected chi connectivity index (χ3v) is 1.99. The van der Waals surface area contributed by atoms with Gasteiger partial charge in [0.25, 0.3) is 0 Å². The van der Waals surface area contributed by atoms with Gasteiger partial charge in [0.05, 0.1) is 17.8 Å². The monoisotopic (exact) mass is 200 g/mol. The molecule has 1 aromatic heterocycles. The van der Waals surface area contributed by atoms with Crippen LogP contribution in [0.1, 0.15) is 12.6 Å². The molecule has 0 fully saturated rings. The van der Waals surface area contributed by atoms with Crippen molar-refractivity contribution in [3.8, 4) is 5.88 Å². The standard InChI is InChI=1S/C9H13ClN2O/c1-3-11-6-8-7(10)4-5-9(12-8)13-2/h4-5,11H,3,6H2,1-2H3. The van der Waals surface area contributed by atoms with Gasteiger partial charge >= 0.3 is 0 Å². The summed E-state index contributed by atoms with van der Waals surface area (Å²) in [5.41, 5.74) is 0.822. The minimum Gasteiger partial charge on any atom is -0.481 e. The van der Waals surface area contributed by atoms with Gasteiger partial charge < -0.3 is 10.1 Å². The van der Waals surface area contributed by atoms with Gasteiger partial charge in [-0.25, -0.2) is 4.98 Å². The molecule has 4 heteroatoms. The lowest BCUT2D eigenvalue weighted by atomic mass is 10.3. The van der Waals surface area contributed by atoms with Crippen molar-refractivity contribution in [2.24, 2.45) is 0 Å². The lowest BCUT2D eigenvalue weighted by molar-refractivity contribution is 0.396. The highest BCUT2D eigenvalue weighted by atomic mass is 35.5. The lowest BCUT2D eigenvalue weighted by Gasteiger charge is -2.05. The van der Waals surface area contributed by atoms with Crippen molar-refractivity contribution >= 4 is 11.6 Å². The average molecular weight is 201 g/mol. The van der Waals surface area contributed by atoms with E-state index in [0.29, 0.717) is 17.4 Å². The number of ether oxygens (including phenoxy) is 1. The van der Waals surface area contributed by atoms with Crippen LogP contribution in [0.3, 0.4) is 0 Å². The zero-order valence-corrected chi connectivity index (χ0v) is 8.56. The van der Waals surface area contributed by atoms with E-state index in [9.17, 15) is 0 Å². The minimum atomic E-state index is 0.595. The van der Waals surface area contributed by atoms with Crippen molar-refractivity contribution in [1.29, 1.82) is 0 Å². The van der Waals surface area contributed by atoms with E-state index < -0.39 is 0 Å². The van der Waals surface area contributed by atoms with Gasteiger partial charge in [-0.2, -0.15) is 0 Å². The van der Waals surface area contributed by atoms with E-state index in [-0.39, 0.29) is 0 Å². The van der Waals surface area contributed by atoms with Crippen LogP contribution in [0.5, 0.6) is 5.88 Å². The highest BCUT2D eigenvalue weighted by Gasteiger charge is 2.02. The van der Waals surface area contributed by atoms with E-state index in [1.807, 2.05) is 6.92 Å². The Labute approximate surface area is 83.1 Å². The Morgan fingerprint density at radius 1 is 1.54 bits per heavy atom. The van der Waals surface area contributed by atoms with Crippen LogP contribution in [0.4, 0.5) is 0 Å². The third kappa shape index (κ3) is 2.86. The lowest BCUT2D eigenvalue weighted by Crippen LogP contribution is -2.13. The van der Waals surface area contributed by atoms with Crippen molar-refractivity contribution in [2.45, 2.75) is 13.5 Å². The number of aromatic nitrogens is 1. The van der Waals surface area contributed by atoms with Gasteiger partial charge in [0, 0.05) is 12.6 Å². The number of hydrogen-bond donors (Lipinski definition) is 1. The second kappa shape index (κ2) is 5.04. The Kier molecular flexibility index (Phi) is 3.99. The van der Waals surface area contributed by atoms with Gasteiger partial charge in [-0.1, -0.05) is 18.5 Å². The zero-order chi connectivity index (χ0) is 9.68. The molecule has 1 rings (SSSR count). The van der Waals surface area contributed by atoms with Crippen molar-refractivity contribution in [2.75, 3.05) is 13.7 Å². The molecular weight excluding hydrogens is 188 g/mol. The average Bonchev–Trinajstić information content (AvgIpc) is 2.17. The van der Waals surface area contributed by atoms with Crippen LogP contribution in [0.2, 0.25) is 5.02 Å². The smallest absolute Gasteiger partial charge is 0.213 e. The summed E-state index contributed by atoms with van der Waals surface area (Å²) in [7, 11) is 1.59. The Morgan fingerprint density at radius 3 is 2.92 bits per heavy atom. The van der Waals surface area contributed by atoms with Crippen LogP contribution in [0.15, 0.2) is 12.1 Å². The SMILES string of the molecule is CCNCc1nc(OC)ccc1Cl. The number of rotatable bonds is 4. The molecule has 1 aromatic rings. The van der Waals surface area contributed by atoms with E-state index in [2.05, 4.69) is 10.3 Å². The number of methoxy groups -OCH3 is 1. The van der Waals surface area contributed by atoms with Crippen molar-refractivity contribution in [1.82, 2.24) is 10.3 Å². The molecular formula is C9H13ClN2O. The molecule has 0 spiro atoms. The maximum atomic E-state index is 5.93. The predicted molar refractivity (Wildman–Crippen MR) is 53.2 cm³/mol. The quantitative estimate of drug-likeness (QED) is 0.806. The molecule has 1 heterocycles. The van der Waals surface area contributed by atoms with Crippen LogP contribution < -0.4 is 10.1 Å². The first-order valence-corrected chi connectivity index (χ1v) is 4.55. The summed E-state index contributed by atoms with van der Waals surface area (Å²) in [4.78, 5) is 4.21. The topological polar surface area (TPSA) is 34.2 Å². The largest absolute Gasteiger partial charge is 0.481 e.